The number of rotatable bonds is 6. The molecule has 8 nitrogen and oxygen atoms in total. The lowest BCUT2D eigenvalue weighted by Crippen LogP contribution is -2.53. The average Bonchev–Trinajstić information content (AvgIpc) is 2.74. The molecule has 1 fully saturated rings. The molecule has 1 aromatic heterocycles. The number of ether oxygens (including phenoxy) is 1. The predicted molar refractivity (Wildman–Crippen MR) is 111 cm³/mol. The van der Waals surface area contributed by atoms with Gasteiger partial charge in [-0.2, -0.15) is 0 Å². The number of amides is 2. The summed E-state index contributed by atoms with van der Waals surface area (Å²) in [6, 6.07) is 8.49. The number of carbonyl (C=O) groups is 2. The molecule has 1 aliphatic heterocycles. The van der Waals surface area contributed by atoms with E-state index >= 15 is 4.39 Å². The maximum absolute atomic E-state index is 15.3. The van der Waals surface area contributed by atoms with Gasteiger partial charge in [0.25, 0.3) is 0 Å². The van der Waals surface area contributed by atoms with Crippen LogP contribution in [-0.2, 0) is 16.1 Å². The third kappa shape index (κ3) is 4.85. The lowest BCUT2D eigenvalue weighted by Gasteiger charge is -2.39. The molecule has 30 heavy (non-hydrogen) atoms. The Labute approximate surface area is 175 Å². The maximum atomic E-state index is 15.3. The molecule has 0 aliphatic carbocycles. The molecule has 0 spiro atoms. The summed E-state index contributed by atoms with van der Waals surface area (Å²) in [5, 5.41) is 1.12. The van der Waals surface area contributed by atoms with Crippen LogP contribution in [0.2, 0.25) is 0 Å². The summed E-state index contributed by atoms with van der Waals surface area (Å²) in [5.41, 5.74) is 4.93. The zero-order valence-electron chi connectivity index (χ0n) is 17.3. The Morgan fingerprint density at radius 2 is 2.20 bits per heavy atom. The van der Waals surface area contributed by atoms with E-state index in [1.807, 2.05) is 13.8 Å². The van der Waals surface area contributed by atoms with E-state index in [-0.39, 0.29) is 17.8 Å². The second-order valence-electron chi connectivity index (χ2n) is 7.26. The van der Waals surface area contributed by atoms with Crippen LogP contribution in [0.5, 0.6) is 0 Å². The minimum Gasteiger partial charge on any atom is -0.453 e. The van der Waals surface area contributed by atoms with Gasteiger partial charge in [0.1, 0.15) is 5.69 Å². The number of hydrogen-bond donors (Lipinski definition) is 1. The number of anilines is 2. The highest BCUT2D eigenvalue weighted by Crippen LogP contribution is 2.25. The van der Waals surface area contributed by atoms with Crippen molar-refractivity contribution in [2.75, 3.05) is 37.2 Å². The molecule has 0 unspecified atom stereocenters. The van der Waals surface area contributed by atoms with Crippen molar-refractivity contribution in [1.82, 2.24) is 14.8 Å². The number of nitrogens with one attached hydrogen (secondary N) is 1. The summed E-state index contributed by atoms with van der Waals surface area (Å²) in [6.07, 6.45) is 1.80. The Bertz CT molecular complexity index is 910. The van der Waals surface area contributed by atoms with E-state index in [9.17, 15) is 9.59 Å². The minimum absolute atomic E-state index is 0.0426. The van der Waals surface area contributed by atoms with E-state index in [1.54, 1.807) is 41.4 Å². The smallest absolute Gasteiger partial charge is 0.409 e. The number of benzene rings is 1. The summed E-state index contributed by atoms with van der Waals surface area (Å²) in [5.74, 6) is -0.467. The summed E-state index contributed by atoms with van der Waals surface area (Å²) in [7, 11) is 1.36. The number of hydrazine groups is 1. The van der Waals surface area contributed by atoms with Gasteiger partial charge in [-0.3, -0.25) is 20.1 Å². The Balaban J connectivity index is 1.74. The van der Waals surface area contributed by atoms with E-state index in [0.29, 0.717) is 43.8 Å². The van der Waals surface area contributed by atoms with E-state index < -0.39 is 5.82 Å². The van der Waals surface area contributed by atoms with Crippen molar-refractivity contribution < 1.29 is 18.7 Å². The number of pyridine rings is 1. The van der Waals surface area contributed by atoms with Crippen LogP contribution in [0.25, 0.3) is 0 Å². The summed E-state index contributed by atoms with van der Waals surface area (Å²) < 4.78 is 20.0. The highest BCUT2D eigenvalue weighted by molar-refractivity contribution is 5.79. The van der Waals surface area contributed by atoms with Crippen molar-refractivity contribution in [1.29, 1.82) is 0 Å². The first-order valence-electron chi connectivity index (χ1n) is 9.71. The van der Waals surface area contributed by atoms with Crippen LogP contribution in [0.15, 0.2) is 36.5 Å². The Morgan fingerprint density at radius 1 is 1.40 bits per heavy atom. The lowest BCUT2D eigenvalue weighted by molar-refractivity contribution is -0.107. The fourth-order valence-electron chi connectivity index (χ4n) is 3.52. The quantitative estimate of drug-likeness (QED) is 0.578. The van der Waals surface area contributed by atoms with Crippen LogP contribution in [0.4, 0.5) is 20.6 Å². The standard InChI is InChI=1S/C21H26FN5O3/c1-15-11-18(7-8-23-15)24-27(14-28)19-6-4-5-17(20(19)22)13-25-9-10-26(12-16(25)2)21(29)30-3/h4-8,11,14,16H,9-10,12-13H2,1-3H3,(H,23,24)/t16-/m1/s1. The highest BCUT2D eigenvalue weighted by Gasteiger charge is 2.28. The number of aryl methyl sites for hydroxylation is 1. The number of aromatic nitrogens is 1. The SMILES string of the molecule is COC(=O)N1CCN(Cc2cccc(N(C=O)Nc3ccnc(C)c3)c2F)[C@H](C)C1. The van der Waals surface area contributed by atoms with Crippen molar-refractivity contribution in [2.24, 2.45) is 0 Å². The van der Waals surface area contributed by atoms with Crippen LogP contribution < -0.4 is 10.4 Å². The topological polar surface area (TPSA) is 78.0 Å². The van der Waals surface area contributed by atoms with Crippen LogP contribution in [0.3, 0.4) is 0 Å². The van der Waals surface area contributed by atoms with Crippen molar-refractivity contribution in [2.45, 2.75) is 26.4 Å². The van der Waals surface area contributed by atoms with E-state index in [2.05, 4.69) is 15.3 Å². The summed E-state index contributed by atoms with van der Waals surface area (Å²) in [4.78, 5) is 31.2. The molecule has 0 radical (unpaired) electrons. The van der Waals surface area contributed by atoms with Gasteiger partial charge in [-0.25, -0.2) is 14.2 Å². The second-order valence-corrected chi connectivity index (χ2v) is 7.26. The molecule has 2 heterocycles. The number of nitrogens with zero attached hydrogens (tertiary/aromatic N) is 4. The monoisotopic (exact) mass is 415 g/mol. The molecular formula is C21H26FN5O3. The van der Waals surface area contributed by atoms with Gasteiger partial charge >= 0.3 is 6.09 Å². The van der Waals surface area contributed by atoms with Crippen molar-refractivity contribution >= 4 is 23.9 Å². The van der Waals surface area contributed by atoms with Gasteiger partial charge in [0.15, 0.2) is 5.82 Å². The maximum Gasteiger partial charge on any atom is 0.409 e. The number of carbonyl (C=O) groups excluding carboxylic acids is 2. The Morgan fingerprint density at radius 3 is 2.87 bits per heavy atom. The van der Waals surface area contributed by atoms with E-state index in [0.717, 1.165) is 10.7 Å². The number of piperazine rings is 1. The first kappa shape index (κ1) is 21.5. The molecule has 1 saturated heterocycles. The minimum atomic E-state index is -0.467. The van der Waals surface area contributed by atoms with Crippen molar-refractivity contribution in [3.05, 3.63) is 53.6 Å². The lowest BCUT2D eigenvalue weighted by atomic mass is 10.1. The number of halogens is 1. The Hall–Kier alpha value is -3.20. The summed E-state index contributed by atoms with van der Waals surface area (Å²) >= 11 is 0. The van der Waals surface area contributed by atoms with Gasteiger partial charge in [0.2, 0.25) is 6.41 Å². The highest BCUT2D eigenvalue weighted by atomic mass is 19.1. The van der Waals surface area contributed by atoms with Crippen LogP contribution in [-0.4, -0.2) is 60.1 Å². The molecule has 160 valence electrons. The summed E-state index contributed by atoms with van der Waals surface area (Å²) in [6.45, 7) is 5.82. The third-order valence-corrected chi connectivity index (χ3v) is 5.14. The molecule has 1 aromatic carbocycles. The molecule has 1 aliphatic rings. The first-order chi connectivity index (χ1) is 14.4. The van der Waals surface area contributed by atoms with Gasteiger partial charge in [-0.15, -0.1) is 0 Å². The molecule has 1 N–H and O–H groups in total. The number of hydrogen-bond acceptors (Lipinski definition) is 6. The number of methoxy groups -OCH3 is 1. The molecule has 9 heteroatoms. The predicted octanol–water partition coefficient (Wildman–Crippen LogP) is 2.79. The zero-order chi connectivity index (χ0) is 21.7. The average molecular weight is 415 g/mol. The molecule has 0 bridgehead atoms. The molecule has 3 rings (SSSR count). The van der Waals surface area contributed by atoms with Gasteiger partial charge < -0.3 is 9.64 Å². The molecular weight excluding hydrogens is 389 g/mol. The fourth-order valence-corrected chi connectivity index (χ4v) is 3.52. The Kier molecular flexibility index (Phi) is 6.83. The normalized spacial score (nSPS) is 16.8. The van der Waals surface area contributed by atoms with Crippen molar-refractivity contribution in [3.63, 3.8) is 0 Å². The molecule has 0 saturated carbocycles. The third-order valence-electron chi connectivity index (χ3n) is 5.14. The first-order valence-corrected chi connectivity index (χ1v) is 9.71. The molecule has 2 aromatic rings. The van der Waals surface area contributed by atoms with Gasteiger partial charge in [0.05, 0.1) is 12.8 Å². The van der Waals surface area contributed by atoms with Gasteiger partial charge in [0, 0.05) is 49.7 Å². The molecule has 1 atom stereocenters. The van der Waals surface area contributed by atoms with Gasteiger partial charge in [-0.05, 0) is 32.0 Å². The fraction of sp³-hybridized carbons (Fsp3) is 0.381. The molecule has 2 amide bonds. The van der Waals surface area contributed by atoms with E-state index in [1.165, 1.54) is 7.11 Å². The van der Waals surface area contributed by atoms with Crippen molar-refractivity contribution in [3.8, 4) is 0 Å². The van der Waals surface area contributed by atoms with E-state index in [4.69, 9.17) is 4.74 Å². The van der Waals surface area contributed by atoms with Crippen LogP contribution in [0, 0.1) is 12.7 Å². The van der Waals surface area contributed by atoms with Crippen LogP contribution in [0.1, 0.15) is 18.2 Å². The second kappa shape index (κ2) is 9.53. The largest absolute Gasteiger partial charge is 0.453 e. The van der Waals surface area contributed by atoms with Crippen LogP contribution >= 0.6 is 0 Å². The zero-order valence-corrected chi connectivity index (χ0v) is 17.3. The van der Waals surface area contributed by atoms with Gasteiger partial charge in [-0.1, -0.05) is 12.1 Å².